The second-order valence-corrected chi connectivity index (χ2v) is 22.0. The quantitative estimate of drug-likeness (QED) is 0.0345. The lowest BCUT2D eigenvalue weighted by Crippen LogP contribution is -2.46. The molecular formula is C38H68N7O17P3S. The van der Waals surface area contributed by atoms with Crippen molar-refractivity contribution < 1.29 is 80.5 Å². The molecule has 28 heteroatoms. The summed E-state index contributed by atoms with van der Waals surface area (Å²) in [5.74, 6) is -0.299. The molecule has 378 valence electrons. The van der Waals surface area contributed by atoms with E-state index in [0.717, 1.165) is 36.5 Å². The topological polar surface area (TPSA) is 364 Å². The summed E-state index contributed by atoms with van der Waals surface area (Å²) in [7, 11) is -16.4. The van der Waals surface area contributed by atoms with Crippen LogP contribution in [-0.2, 0) is 50.7 Å². The average Bonchev–Trinajstić information content (AvgIpc) is 3.80. The Morgan fingerprint density at radius 2 is 1.48 bits per heavy atom. The number of fused-ring (bicyclic) bond motifs is 1. The van der Waals surface area contributed by atoms with Crippen LogP contribution >= 0.6 is 35.2 Å². The van der Waals surface area contributed by atoms with E-state index in [2.05, 4.69) is 41.3 Å². The first-order chi connectivity index (χ1) is 31.1. The Balaban J connectivity index is 1.31. The lowest BCUT2D eigenvalue weighted by Gasteiger charge is -2.30. The van der Waals surface area contributed by atoms with Crippen molar-refractivity contribution in [2.45, 2.75) is 148 Å². The molecule has 2 aromatic heterocycles. The van der Waals surface area contributed by atoms with Crippen molar-refractivity contribution in [2.24, 2.45) is 5.41 Å². The minimum atomic E-state index is -5.57. The second kappa shape index (κ2) is 28.3. The lowest BCUT2D eigenvalue weighted by molar-refractivity contribution is -0.137. The van der Waals surface area contributed by atoms with E-state index < -0.39 is 78.6 Å². The van der Waals surface area contributed by atoms with E-state index >= 15 is 0 Å². The summed E-state index contributed by atoms with van der Waals surface area (Å²) in [5.41, 5.74) is 4.30. The van der Waals surface area contributed by atoms with Gasteiger partial charge in [-0.1, -0.05) is 97.8 Å². The molecule has 10 N–H and O–H groups in total. The fraction of sp³-hybridized carbons (Fsp3) is 0.789. The fourth-order valence-corrected chi connectivity index (χ4v) is 10.4. The number of anilines is 1. The van der Waals surface area contributed by atoms with Gasteiger partial charge in [0.1, 0.15) is 42.0 Å². The fourth-order valence-electron chi connectivity index (χ4n) is 6.80. The van der Waals surface area contributed by atoms with E-state index in [1.807, 2.05) is 0 Å². The Labute approximate surface area is 388 Å². The number of ketones is 1. The number of hydrogen-bond acceptors (Lipinski definition) is 18. The third-order valence-electron chi connectivity index (χ3n) is 10.5. The number of ether oxygens (including phenoxy) is 1. The SMILES string of the molecule is CCCCCCCCCCCCCCCC(=O)CSCCNC(=O)CCNC(=O)[C@H](O)C(C)(C)COP(=O)(O)OP(=O)(O)OC[C@H]1O[C@@H](n2cnc3c(N)ncnc32)[C@H](O)[C@@H]1OP(=O)(O)O. The van der Waals surface area contributed by atoms with Gasteiger partial charge in [0.05, 0.1) is 25.3 Å². The minimum absolute atomic E-state index is 0.0346. The largest absolute Gasteiger partial charge is 0.481 e. The molecule has 24 nitrogen and oxygen atoms in total. The smallest absolute Gasteiger partial charge is 0.386 e. The van der Waals surface area contributed by atoms with Crippen LogP contribution in [0.4, 0.5) is 5.82 Å². The van der Waals surface area contributed by atoms with Gasteiger partial charge in [-0.3, -0.25) is 32.5 Å². The number of nitrogens with zero attached hydrogens (tertiary/aromatic N) is 4. The number of unbranched alkanes of at least 4 members (excludes halogenated alkanes) is 12. The van der Waals surface area contributed by atoms with Gasteiger partial charge in [-0.25, -0.2) is 28.6 Å². The second-order valence-electron chi connectivity index (χ2n) is 16.7. The summed E-state index contributed by atoms with van der Waals surface area (Å²) in [6.07, 6.45) is 9.84. The van der Waals surface area contributed by atoms with Crippen LogP contribution in [0, 0.1) is 5.41 Å². The van der Waals surface area contributed by atoms with Gasteiger partial charge in [0.25, 0.3) is 0 Å². The van der Waals surface area contributed by atoms with Crippen molar-refractivity contribution >= 4 is 69.8 Å². The normalized spacial score (nSPS) is 20.2. The number of rotatable bonds is 35. The van der Waals surface area contributed by atoms with E-state index in [0.29, 0.717) is 24.5 Å². The molecule has 1 aliphatic heterocycles. The van der Waals surface area contributed by atoms with Gasteiger partial charge >= 0.3 is 23.5 Å². The predicted octanol–water partition coefficient (Wildman–Crippen LogP) is 4.19. The summed E-state index contributed by atoms with van der Waals surface area (Å²) in [6.45, 7) is 2.91. The number of imidazole rings is 1. The highest BCUT2D eigenvalue weighted by Crippen LogP contribution is 2.61. The van der Waals surface area contributed by atoms with Crippen LogP contribution in [0.25, 0.3) is 11.2 Å². The molecule has 3 rings (SSSR count). The molecule has 0 spiro atoms. The van der Waals surface area contributed by atoms with Crippen LogP contribution in [0.1, 0.15) is 123 Å². The minimum Gasteiger partial charge on any atom is -0.386 e. The Hall–Kier alpha value is -2.44. The zero-order chi connectivity index (χ0) is 49.0. The van der Waals surface area contributed by atoms with E-state index in [9.17, 15) is 57.9 Å². The van der Waals surface area contributed by atoms with Gasteiger partial charge in [-0.15, -0.1) is 0 Å². The van der Waals surface area contributed by atoms with Gasteiger partial charge in [0.2, 0.25) is 11.8 Å². The number of phosphoric acid groups is 3. The first-order valence-electron chi connectivity index (χ1n) is 22.0. The number of nitrogens with two attached hydrogens (primary N) is 1. The van der Waals surface area contributed by atoms with Crippen molar-refractivity contribution in [3.8, 4) is 0 Å². The predicted molar refractivity (Wildman–Crippen MR) is 242 cm³/mol. The van der Waals surface area contributed by atoms with Crippen molar-refractivity contribution in [1.29, 1.82) is 0 Å². The summed E-state index contributed by atoms with van der Waals surface area (Å²) < 4.78 is 62.4. The number of nitrogens with one attached hydrogen (secondary N) is 2. The van der Waals surface area contributed by atoms with Crippen LogP contribution in [0.5, 0.6) is 0 Å². The number of Topliss-reactive ketones (excluding diaryl/α,β-unsaturated/α-hetero) is 1. The third-order valence-corrected chi connectivity index (χ3v) is 14.6. The lowest BCUT2D eigenvalue weighted by atomic mass is 9.87. The first-order valence-corrected chi connectivity index (χ1v) is 27.7. The monoisotopic (exact) mass is 1020 g/mol. The van der Waals surface area contributed by atoms with Crippen molar-refractivity contribution in [3.05, 3.63) is 12.7 Å². The molecule has 0 aliphatic carbocycles. The Morgan fingerprint density at radius 1 is 0.879 bits per heavy atom. The number of aromatic nitrogens is 4. The number of nitrogen functional groups attached to an aromatic ring is 1. The zero-order valence-corrected chi connectivity index (χ0v) is 41.2. The van der Waals surface area contributed by atoms with Gasteiger partial charge < -0.3 is 50.9 Å². The van der Waals surface area contributed by atoms with Crippen molar-refractivity contribution in [3.63, 3.8) is 0 Å². The summed E-state index contributed by atoms with van der Waals surface area (Å²) in [5, 5.41) is 26.6. The molecule has 2 amide bonds. The maximum Gasteiger partial charge on any atom is 0.481 e. The molecule has 0 bridgehead atoms. The van der Waals surface area contributed by atoms with Crippen LogP contribution in [0.15, 0.2) is 12.7 Å². The van der Waals surface area contributed by atoms with Crippen LogP contribution in [-0.4, -0.2) is 129 Å². The molecule has 66 heavy (non-hydrogen) atoms. The summed E-state index contributed by atoms with van der Waals surface area (Å²) in [4.78, 5) is 88.3. The Kier molecular flexibility index (Phi) is 24.8. The van der Waals surface area contributed by atoms with E-state index in [4.69, 9.17) is 19.5 Å². The highest BCUT2D eigenvalue weighted by molar-refractivity contribution is 7.99. The molecule has 7 atom stereocenters. The van der Waals surface area contributed by atoms with Crippen LogP contribution in [0.3, 0.4) is 0 Å². The number of aliphatic hydroxyl groups is 2. The molecule has 3 heterocycles. The highest BCUT2D eigenvalue weighted by Gasteiger charge is 2.50. The standard InChI is InChI=1S/C38H68N7O17P3S/c1-4-5-6-7-8-9-10-11-12-13-14-15-16-17-27(46)23-66-21-20-40-29(47)18-19-41-36(50)33(49)38(2,3)24-59-65(56,57)62-64(54,55)58-22-28-32(61-63(51,52)53)31(48)37(60-28)45-26-44-30-34(39)42-25-43-35(30)45/h25-26,28,31-33,37,48-49H,4-24H2,1-3H3,(H,40,47)(H,41,50)(H,54,55)(H,56,57)(H2,39,42,43)(H2,51,52,53)/t28-,31-,32-,33+,37-/m1/s1. The number of thioether (sulfide) groups is 1. The molecule has 0 aromatic carbocycles. The van der Waals surface area contributed by atoms with Gasteiger partial charge in [0, 0.05) is 37.1 Å². The molecule has 1 saturated heterocycles. The number of aliphatic hydroxyl groups excluding tert-OH is 2. The van der Waals surface area contributed by atoms with Gasteiger partial charge in [-0.2, -0.15) is 16.1 Å². The number of phosphoric ester groups is 3. The average molecular weight is 1020 g/mol. The molecule has 1 fully saturated rings. The number of carbonyl (C=O) groups excluding carboxylic acids is 3. The molecule has 2 unspecified atom stereocenters. The van der Waals surface area contributed by atoms with Gasteiger partial charge in [0.15, 0.2) is 17.7 Å². The molecule has 0 saturated carbocycles. The van der Waals surface area contributed by atoms with Crippen molar-refractivity contribution in [2.75, 3.05) is 43.5 Å². The highest BCUT2D eigenvalue weighted by atomic mass is 32.2. The van der Waals surface area contributed by atoms with E-state index in [1.54, 1.807) is 0 Å². The maximum atomic E-state index is 12.7. The number of hydrogen-bond donors (Lipinski definition) is 9. The third kappa shape index (κ3) is 21.1. The number of amides is 2. The maximum absolute atomic E-state index is 12.7. The van der Waals surface area contributed by atoms with E-state index in [1.165, 1.54) is 89.8 Å². The summed E-state index contributed by atoms with van der Waals surface area (Å²) in [6, 6.07) is 0. The molecule has 0 radical (unpaired) electrons. The van der Waals surface area contributed by atoms with Crippen molar-refractivity contribution in [1.82, 2.24) is 30.2 Å². The Bertz CT molecular complexity index is 1980. The Morgan fingerprint density at radius 3 is 2.11 bits per heavy atom. The molecular weight excluding hydrogens is 951 g/mol. The molecule has 2 aromatic rings. The van der Waals surface area contributed by atoms with Crippen LogP contribution in [0.2, 0.25) is 0 Å². The first kappa shape index (κ1) is 57.9. The van der Waals surface area contributed by atoms with E-state index in [-0.39, 0.29) is 41.6 Å². The zero-order valence-electron chi connectivity index (χ0n) is 37.7. The van der Waals surface area contributed by atoms with Crippen LogP contribution < -0.4 is 16.4 Å². The molecule has 1 aliphatic rings. The van der Waals surface area contributed by atoms with Gasteiger partial charge in [-0.05, 0) is 6.42 Å². The summed E-state index contributed by atoms with van der Waals surface area (Å²) >= 11 is 1.43. The number of carbonyl (C=O) groups is 3.